The van der Waals surface area contributed by atoms with Crippen LogP contribution in [-0.2, 0) is 19.6 Å². The molecule has 3 rings (SSSR count). The minimum Gasteiger partial charge on any atom is -0.368 e. The van der Waals surface area contributed by atoms with Gasteiger partial charge in [-0.05, 0) is 38.0 Å². The van der Waals surface area contributed by atoms with E-state index in [-0.39, 0.29) is 10.6 Å². The fourth-order valence-corrected chi connectivity index (χ4v) is 4.00. The summed E-state index contributed by atoms with van der Waals surface area (Å²) in [7, 11) is -3.78. The number of nitrogens with one attached hydrogen (secondary N) is 1. The summed E-state index contributed by atoms with van der Waals surface area (Å²) in [5.41, 5.74) is 4.71. The highest BCUT2D eigenvalue weighted by molar-refractivity contribution is 7.93. The van der Waals surface area contributed by atoms with Crippen LogP contribution in [0.5, 0.6) is 0 Å². The molecule has 128 valence electrons. The molecule has 3 aliphatic rings. The molecular weight excluding hydrogens is 336 g/mol. The Bertz CT molecular complexity index is 835. The SMILES string of the molecule is CC1(NS(=O)(=O)C2=CC3C(=O)N(CC(N)=O)C(=O)N=C3C=C2)CC1. The van der Waals surface area contributed by atoms with Gasteiger partial charge in [0, 0.05) is 5.54 Å². The average Bonchev–Trinajstić information content (AvgIpc) is 3.19. The van der Waals surface area contributed by atoms with E-state index in [9.17, 15) is 22.8 Å². The molecule has 10 heteroatoms. The van der Waals surface area contributed by atoms with Crippen LogP contribution in [0.25, 0.3) is 0 Å². The Kier molecular flexibility index (Phi) is 3.68. The molecule has 0 spiro atoms. The standard InChI is InChI=1S/C14H16N4O5S/c1-14(4-5-14)17-24(22,23)8-2-3-10-9(6-8)12(20)18(7-11(15)19)13(21)16-10/h2-3,6,9,17H,4-5,7H2,1H3,(H2,15,19). The third-order valence-electron chi connectivity index (χ3n) is 4.06. The van der Waals surface area contributed by atoms with E-state index in [0.29, 0.717) is 4.90 Å². The van der Waals surface area contributed by atoms with Crippen molar-refractivity contribution in [3.8, 4) is 0 Å². The van der Waals surface area contributed by atoms with Crippen LogP contribution in [0.4, 0.5) is 4.79 Å². The van der Waals surface area contributed by atoms with Gasteiger partial charge in [-0.1, -0.05) is 0 Å². The van der Waals surface area contributed by atoms with E-state index in [1.54, 1.807) is 6.92 Å². The number of carbonyl (C=O) groups is 3. The summed E-state index contributed by atoms with van der Waals surface area (Å²) in [6.45, 7) is 1.20. The number of sulfonamides is 1. The van der Waals surface area contributed by atoms with Crippen molar-refractivity contribution in [2.75, 3.05) is 6.54 Å². The number of amides is 4. The smallest absolute Gasteiger partial charge is 0.350 e. The summed E-state index contributed by atoms with van der Waals surface area (Å²) >= 11 is 0. The lowest BCUT2D eigenvalue weighted by atomic mass is 9.95. The van der Waals surface area contributed by atoms with Crippen molar-refractivity contribution in [1.29, 1.82) is 0 Å². The molecule has 0 aromatic rings. The normalized spacial score (nSPS) is 25.0. The fourth-order valence-electron chi connectivity index (χ4n) is 2.47. The minimum atomic E-state index is -3.78. The van der Waals surface area contributed by atoms with Crippen molar-refractivity contribution in [1.82, 2.24) is 9.62 Å². The van der Waals surface area contributed by atoms with Gasteiger partial charge in [-0.15, -0.1) is 0 Å². The second kappa shape index (κ2) is 5.35. The molecule has 3 N–H and O–H groups in total. The molecule has 0 radical (unpaired) electrons. The van der Waals surface area contributed by atoms with Crippen molar-refractivity contribution in [3.63, 3.8) is 0 Å². The van der Waals surface area contributed by atoms with E-state index in [1.807, 2.05) is 0 Å². The Balaban J connectivity index is 1.91. The summed E-state index contributed by atoms with van der Waals surface area (Å²) in [4.78, 5) is 39.5. The van der Waals surface area contributed by atoms with Crippen molar-refractivity contribution in [3.05, 3.63) is 23.1 Å². The molecule has 1 fully saturated rings. The highest BCUT2D eigenvalue weighted by atomic mass is 32.2. The van der Waals surface area contributed by atoms with E-state index in [1.165, 1.54) is 18.2 Å². The molecule has 1 saturated carbocycles. The summed E-state index contributed by atoms with van der Waals surface area (Å²) in [5, 5.41) is 0. The predicted octanol–water partition coefficient (Wildman–Crippen LogP) is -0.583. The third-order valence-corrected chi connectivity index (χ3v) is 5.71. The summed E-state index contributed by atoms with van der Waals surface area (Å²) in [5.74, 6) is -2.62. The van der Waals surface area contributed by atoms with Crippen LogP contribution in [0.3, 0.4) is 0 Å². The molecule has 24 heavy (non-hydrogen) atoms. The van der Waals surface area contributed by atoms with Gasteiger partial charge < -0.3 is 5.73 Å². The summed E-state index contributed by atoms with van der Waals surface area (Å²) < 4.78 is 27.4. The zero-order chi connectivity index (χ0) is 17.7. The van der Waals surface area contributed by atoms with Gasteiger partial charge >= 0.3 is 6.03 Å². The quantitative estimate of drug-likeness (QED) is 0.681. The van der Waals surface area contributed by atoms with Crippen LogP contribution in [0.1, 0.15) is 19.8 Å². The number of primary amides is 1. The van der Waals surface area contributed by atoms with Crippen LogP contribution in [0, 0.1) is 5.92 Å². The molecule has 4 amide bonds. The van der Waals surface area contributed by atoms with E-state index >= 15 is 0 Å². The number of urea groups is 1. The van der Waals surface area contributed by atoms with E-state index in [2.05, 4.69) is 9.71 Å². The van der Waals surface area contributed by atoms with Gasteiger partial charge in [-0.2, -0.15) is 4.99 Å². The van der Waals surface area contributed by atoms with Gasteiger partial charge in [0.2, 0.25) is 21.8 Å². The molecule has 1 aliphatic heterocycles. The maximum absolute atomic E-state index is 12.4. The fraction of sp³-hybridized carbons (Fsp3) is 0.429. The Morgan fingerprint density at radius 1 is 1.42 bits per heavy atom. The van der Waals surface area contributed by atoms with Gasteiger partial charge in [0.15, 0.2) is 0 Å². The first kappa shape index (κ1) is 16.5. The Morgan fingerprint density at radius 3 is 2.67 bits per heavy atom. The molecule has 1 unspecified atom stereocenters. The van der Waals surface area contributed by atoms with E-state index < -0.39 is 45.9 Å². The molecule has 1 heterocycles. The lowest BCUT2D eigenvalue weighted by Crippen LogP contribution is -2.49. The van der Waals surface area contributed by atoms with E-state index in [0.717, 1.165) is 12.8 Å². The third kappa shape index (κ3) is 3.02. The number of fused-ring (bicyclic) bond motifs is 1. The maximum atomic E-state index is 12.4. The molecule has 9 nitrogen and oxygen atoms in total. The molecule has 0 aromatic heterocycles. The van der Waals surface area contributed by atoms with Gasteiger partial charge in [0.25, 0.3) is 0 Å². The van der Waals surface area contributed by atoms with Gasteiger partial charge in [0.1, 0.15) is 12.5 Å². The number of hydrogen-bond donors (Lipinski definition) is 2. The topological polar surface area (TPSA) is 139 Å². The van der Waals surface area contributed by atoms with Crippen molar-refractivity contribution in [2.24, 2.45) is 16.6 Å². The van der Waals surface area contributed by atoms with Crippen LogP contribution >= 0.6 is 0 Å². The summed E-state index contributed by atoms with van der Waals surface area (Å²) in [6, 6.07) is -0.891. The van der Waals surface area contributed by atoms with E-state index in [4.69, 9.17) is 5.73 Å². The monoisotopic (exact) mass is 352 g/mol. The lowest BCUT2D eigenvalue weighted by Gasteiger charge is -2.28. The first-order chi connectivity index (χ1) is 11.1. The molecule has 2 aliphatic carbocycles. The number of rotatable bonds is 5. The van der Waals surface area contributed by atoms with Crippen LogP contribution < -0.4 is 10.5 Å². The highest BCUT2D eigenvalue weighted by Crippen LogP contribution is 2.36. The first-order valence-electron chi connectivity index (χ1n) is 7.27. The molecular formula is C14H16N4O5S. The molecule has 0 aromatic carbocycles. The van der Waals surface area contributed by atoms with Crippen LogP contribution in [0.15, 0.2) is 28.1 Å². The number of allylic oxidation sites excluding steroid dienone is 2. The predicted molar refractivity (Wildman–Crippen MR) is 84.1 cm³/mol. The average molecular weight is 352 g/mol. The highest BCUT2D eigenvalue weighted by Gasteiger charge is 2.43. The zero-order valence-electron chi connectivity index (χ0n) is 12.9. The first-order valence-corrected chi connectivity index (χ1v) is 8.76. The largest absolute Gasteiger partial charge is 0.368 e. The van der Waals surface area contributed by atoms with Crippen molar-refractivity contribution >= 4 is 33.6 Å². The number of aliphatic imine (C=N–C) groups is 1. The van der Waals surface area contributed by atoms with Crippen molar-refractivity contribution in [2.45, 2.75) is 25.3 Å². The Labute approximate surface area is 138 Å². The van der Waals surface area contributed by atoms with Crippen molar-refractivity contribution < 1.29 is 22.8 Å². The molecule has 0 bridgehead atoms. The molecule has 0 saturated heterocycles. The summed E-state index contributed by atoms with van der Waals surface area (Å²) in [6.07, 6.45) is 5.35. The van der Waals surface area contributed by atoms with Crippen LogP contribution in [-0.4, -0.2) is 49.0 Å². The number of imide groups is 1. The molecule has 1 atom stereocenters. The second-order valence-electron chi connectivity index (χ2n) is 6.26. The number of hydrogen-bond acceptors (Lipinski definition) is 5. The maximum Gasteiger partial charge on any atom is 0.350 e. The zero-order valence-corrected chi connectivity index (χ0v) is 13.7. The van der Waals surface area contributed by atoms with Gasteiger partial charge in [-0.25, -0.2) is 17.9 Å². The Morgan fingerprint density at radius 2 is 2.08 bits per heavy atom. The number of nitrogens with two attached hydrogens (primary N) is 1. The lowest BCUT2D eigenvalue weighted by molar-refractivity contribution is -0.133. The van der Waals surface area contributed by atoms with Gasteiger partial charge in [0.05, 0.1) is 10.6 Å². The Hall–Kier alpha value is -2.33. The second-order valence-corrected chi connectivity index (χ2v) is 7.94. The van der Waals surface area contributed by atoms with Crippen LogP contribution in [0.2, 0.25) is 0 Å². The minimum absolute atomic E-state index is 0.0682. The number of nitrogens with zero attached hydrogens (tertiary/aromatic N) is 2. The number of carbonyl (C=O) groups excluding carboxylic acids is 3. The van der Waals surface area contributed by atoms with Gasteiger partial charge in [-0.3, -0.25) is 14.5 Å².